The molecule has 28 heavy (non-hydrogen) atoms. The number of para-hydroxylation sites is 1. The Hall–Kier alpha value is -2.80. The zero-order valence-electron chi connectivity index (χ0n) is 15.8. The summed E-state index contributed by atoms with van der Waals surface area (Å²) in [7, 11) is 1.89. The van der Waals surface area contributed by atoms with Crippen molar-refractivity contribution in [1.29, 1.82) is 0 Å². The van der Waals surface area contributed by atoms with Crippen LogP contribution in [0.2, 0.25) is 0 Å². The third kappa shape index (κ3) is 2.77. The monoisotopic (exact) mass is 393 g/mol. The van der Waals surface area contributed by atoms with E-state index < -0.39 is 0 Å². The summed E-state index contributed by atoms with van der Waals surface area (Å²) < 4.78 is 2.08. The lowest BCUT2D eigenvalue weighted by Gasteiger charge is -2.35. The molecule has 1 aromatic carbocycles. The van der Waals surface area contributed by atoms with Gasteiger partial charge in [-0.25, -0.2) is 4.98 Å². The molecule has 5 rings (SSSR count). The Kier molecular flexibility index (Phi) is 4.31. The highest BCUT2D eigenvalue weighted by Gasteiger charge is 2.32. The van der Waals surface area contributed by atoms with Gasteiger partial charge in [-0.15, -0.1) is 11.3 Å². The first-order valence-electron chi connectivity index (χ1n) is 9.74. The Morgan fingerprint density at radius 3 is 3.14 bits per heavy atom. The minimum absolute atomic E-state index is 0.0437. The van der Waals surface area contributed by atoms with E-state index in [1.165, 1.54) is 0 Å². The number of H-pyrrole nitrogens is 1. The molecule has 1 atom stereocenters. The van der Waals surface area contributed by atoms with E-state index >= 15 is 0 Å². The van der Waals surface area contributed by atoms with Gasteiger partial charge in [-0.05, 0) is 30.9 Å². The molecule has 2 N–H and O–H groups in total. The maximum atomic E-state index is 13.3. The van der Waals surface area contributed by atoms with Crippen LogP contribution in [0.1, 0.15) is 36.6 Å². The van der Waals surface area contributed by atoms with Crippen LogP contribution in [0.5, 0.6) is 0 Å². The number of hydrogen-bond acceptors (Lipinski definition) is 4. The number of imidazole rings is 1. The number of nitrogens with one attached hydrogen (secondary N) is 2. The number of thiazole rings is 1. The highest BCUT2D eigenvalue weighted by molar-refractivity contribution is 7.15. The molecule has 1 aliphatic rings. The van der Waals surface area contributed by atoms with Crippen molar-refractivity contribution in [1.82, 2.24) is 19.3 Å². The van der Waals surface area contributed by atoms with E-state index in [0.717, 1.165) is 58.7 Å². The summed E-state index contributed by atoms with van der Waals surface area (Å²) in [5.41, 5.74) is 3.16. The highest BCUT2D eigenvalue weighted by atomic mass is 32.1. The molecule has 1 aliphatic heterocycles. The quantitative estimate of drug-likeness (QED) is 0.546. The molecule has 0 bridgehead atoms. The van der Waals surface area contributed by atoms with E-state index in [2.05, 4.69) is 26.1 Å². The van der Waals surface area contributed by atoms with Crippen LogP contribution in [0.25, 0.3) is 15.7 Å². The molecule has 1 fully saturated rings. The van der Waals surface area contributed by atoms with E-state index in [0.29, 0.717) is 6.42 Å². The Morgan fingerprint density at radius 1 is 1.36 bits per heavy atom. The second-order valence-electron chi connectivity index (χ2n) is 7.28. The first kappa shape index (κ1) is 17.3. The predicted octanol–water partition coefficient (Wildman–Crippen LogP) is 4.22. The van der Waals surface area contributed by atoms with Crippen LogP contribution in [0.4, 0.5) is 5.95 Å². The fourth-order valence-corrected chi connectivity index (χ4v) is 5.17. The molecule has 0 unspecified atom stereocenters. The summed E-state index contributed by atoms with van der Waals surface area (Å²) in [4.78, 5) is 24.6. The average Bonchev–Trinajstić information content (AvgIpc) is 3.43. The number of likely N-dealkylation sites (tertiary alicyclic amines) is 1. The van der Waals surface area contributed by atoms with Crippen LogP contribution in [0.15, 0.2) is 42.0 Å². The largest absolute Gasteiger partial charge is 0.361 e. The van der Waals surface area contributed by atoms with E-state index in [1.54, 1.807) is 11.3 Å². The second kappa shape index (κ2) is 6.98. The molecule has 1 amide bonds. The first-order valence-corrected chi connectivity index (χ1v) is 10.6. The van der Waals surface area contributed by atoms with E-state index in [9.17, 15) is 4.79 Å². The number of anilines is 1. The third-order valence-corrected chi connectivity index (χ3v) is 6.55. The maximum Gasteiger partial charge on any atom is 0.227 e. The topological polar surface area (TPSA) is 65.4 Å². The molecule has 0 saturated carbocycles. The van der Waals surface area contributed by atoms with Crippen molar-refractivity contribution in [2.45, 2.75) is 31.7 Å². The van der Waals surface area contributed by atoms with Gasteiger partial charge in [0.2, 0.25) is 11.9 Å². The zero-order chi connectivity index (χ0) is 19.1. The van der Waals surface area contributed by atoms with Gasteiger partial charge in [0.05, 0.1) is 12.5 Å². The number of carbonyl (C=O) groups excluding carboxylic acids is 1. The number of carbonyl (C=O) groups is 1. The Bertz CT molecular complexity index is 1140. The smallest absolute Gasteiger partial charge is 0.227 e. The summed E-state index contributed by atoms with van der Waals surface area (Å²) in [6.45, 7) is 0.797. The van der Waals surface area contributed by atoms with Crippen molar-refractivity contribution in [2.75, 3.05) is 18.9 Å². The lowest BCUT2D eigenvalue weighted by atomic mass is 9.98. The fourth-order valence-electron chi connectivity index (χ4n) is 4.30. The van der Waals surface area contributed by atoms with Gasteiger partial charge in [0.1, 0.15) is 10.5 Å². The van der Waals surface area contributed by atoms with Crippen molar-refractivity contribution in [3.63, 3.8) is 0 Å². The Morgan fingerprint density at radius 2 is 2.25 bits per heavy atom. The molecular formula is C21H23N5OS. The molecule has 0 spiro atoms. The van der Waals surface area contributed by atoms with Crippen molar-refractivity contribution in [3.8, 4) is 0 Å². The summed E-state index contributed by atoms with van der Waals surface area (Å²) in [5.74, 6) is 1.01. The van der Waals surface area contributed by atoms with Crippen LogP contribution >= 0.6 is 11.3 Å². The molecular weight excluding hydrogens is 370 g/mol. The van der Waals surface area contributed by atoms with E-state index in [4.69, 9.17) is 4.98 Å². The van der Waals surface area contributed by atoms with Crippen molar-refractivity contribution >= 4 is 38.9 Å². The molecule has 7 heteroatoms. The second-order valence-corrected chi connectivity index (χ2v) is 8.18. The lowest BCUT2D eigenvalue weighted by Crippen LogP contribution is -2.39. The standard InChI is InChI=1S/C21H23N5OS/c1-22-21-24-19(20-26(21)10-11-28-20)17-8-4-5-9-25(17)18(27)12-14-13-23-16-7-3-2-6-15(14)16/h2-3,6-7,10-11,13,17,23H,4-5,8-9,12H2,1H3,(H,22,24)/t17-/m1/s1. The van der Waals surface area contributed by atoms with Gasteiger partial charge in [-0.2, -0.15) is 0 Å². The maximum absolute atomic E-state index is 13.3. The van der Waals surface area contributed by atoms with E-state index in [1.807, 2.05) is 42.5 Å². The number of amides is 1. The number of piperidine rings is 1. The molecule has 144 valence electrons. The van der Waals surface area contributed by atoms with Crippen molar-refractivity contribution < 1.29 is 4.79 Å². The van der Waals surface area contributed by atoms with Gasteiger partial charge in [-0.1, -0.05) is 18.2 Å². The van der Waals surface area contributed by atoms with Crippen LogP contribution in [-0.4, -0.2) is 38.8 Å². The normalized spacial score (nSPS) is 17.5. The molecule has 4 heterocycles. The van der Waals surface area contributed by atoms with Crippen LogP contribution < -0.4 is 5.32 Å². The van der Waals surface area contributed by atoms with Gasteiger partial charge < -0.3 is 15.2 Å². The van der Waals surface area contributed by atoms with Gasteiger partial charge in [-0.3, -0.25) is 9.20 Å². The summed E-state index contributed by atoms with van der Waals surface area (Å²) in [5, 5.41) is 6.37. The zero-order valence-corrected chi connectivity index (χ0v) is 16.6. The fraction of sp³-hybridized carbons (Fsp3) is 0.333. The molecule has 1 saturated heterocycles. The van der Waals surface area contributed by atoms with Crippen LogP contribution in [0, 0.1) is 0 Å². The Balaban J connectivity index is 1.47. The van der Waals surface area contributed by atoms with Gasteiger partial charge in [0.25, 0.3) is 0 Å². The number of nitrogens with zero attached hydrogens (tertiary/aromatic N) is 3. The number of fused-ring (bicyclic) bond motifs is 2. The minimum atomic E-state index is 0.0437. The molecule has 4 aromatic rings. The summed E-state index contributed by atoms with van der Waals surface area (Å²) in [6, 6.07) is 8.19. The SMILES string of the molecule is CNc1nc([C@H]2CCCCN2C(=O)Cc2c[nH]c3ccccc23)c2sccn12. The van der Waals surface area contributed by atoms with Gasteiger partial charge in [0, 0.05) is 42.3 Å². The molecule has 0 radical (unpaired) electrons. The Labute approximate surface area is 167 Å². The van der Waals surface area contributed by atoms with Crippen molar-refractivity contribution in [3.05, 3.63) is 53.3 Å². The number of benzene rings is 1. The van der Waals surface area contributed by atoms with Crippen molar-refractivity contribution in [2.24, 2.45) is 0 Å². The lowest BCUT2D eigenvalue weighted by molar-refractivity contribution is -0.134. The molecule has 3 aromatic heterocycles. The van der Waals surface area contributed by atoms with Crippen LogP contribution in [0.3, 0.4) is 0 Å². The number of rotatable bonds is 4. The first-order chi connectivity index (χ1) is 13.8. The molecule has 0 aliphatic carbocycles. The minimum Gasteiger partial charge on any atom is -0.361 e. The van der Waals surface area contributed by atoms with E-state index in [-0.39, 0.29) is 11.9 Å². The number of hydrogen-bond donors (Lipinski definition) is 2. The summed E-state index contributed by atoms with van der Waals surface area (Å²) >= 11 is 1.68. The molecule has 6 nitrogen and oxygen atoms in total. The van der Waals surface area contributed by atoms with Gasteiger partial charge >= 0.3 is 0 Å². The van der Waals surface area contributed by atoms with Crippen LogP contribution in [-0.2, 0) is 11.2 Å². The number of aromatic amines is 1. The number of aromatic nitrogens is 3. The summed E-state index contributed by atoms with van der Waals surface area (Å²) in [6.07, 6.45) is 7.56. The van der Waals surface area contributed by atoms with Gasteiger partial charge in [0.15, 0.2) is 0 Å². The predicted molar refractivity (Wildman–Crippen MR) is 113 cm³/mol. The third-order valence-electron chi connectivity index (χ3n) is 5.66. The average molecular weight is 394 g/mol. The highest BCUT2D eigenvalue weighted by Crippen LogP contribution is 2.36.